The maximum Gasteiger partial charge on any atom is 0.146 e. The van der Waals surface area contributed by atoms with Crippen molar-refractivity contribution in [3.8, 4) is 0 Å². The predicted octanol–water partition coefficient (Wildman–Crippen LogP) is 3.73. The fraction of sp³-hybridized carbons (Fsp3) is 0.647. The summed E-state index contributed by atoms with van der Waals surface area (Å²) in [4.78, 5) is 2.25. The van der Waals surface area contributed by atoms with Crippen LogP contribution >= 0.6 is 0 Å². The van der Waals surface area contributed by atoms with Gasteiger partial charge in [-0.05, 0) is 49.8 Å². The van der Waals surface area contributed by atoms with Crippen LogP contribution in [0.25, 0.3) is 0 Å². The molecule has 2 rings (SSSR count). The van der Waals surface area contributed by atoms with Gasteiger partial charge in [-0.3, -0.25) is 0 Å². The quantitative estimate of drug-likeness (QED) is 0.889. The van der Waals surface area contributed by atoms with Gasteiger partial charge in [-0.2, -0.15) is 0 Å². The number of nitrogens with zero attached hydrogens (tertiary/aromatic N) is 1. The van der Waals surface area contributed by atoms with Crippen LogP contribution in [-0.4, -0.2) is 19.6 Å². The van der Waals surface area contributed by atoms with Gasteiger partial charge in [0.1, 0.15) is 5.82 Å². The van der Waals surface area contributed by atoms with Gasteiger partial charge < -0.3 is 10.6 Å². The summed E-state index contributed by atoms with van der Waals surface area (Å²) in [6, 6.07) is 5.38. The molecule has 1 unspecified atom stereocenters. The summed E-state index contributed by atoms with van der Waals surface area (Å²) >= 11 is 0. The van der Waals surface area contributed by atoms with Crippen molar-refractivity contribution in [1.82, 2.24) is 0 Å². The van der Waals surface area contributed by atoms with Gasteiger partial charge in [0.2, 0.25) is 0 Å². The Labute approximate surface area is 122 Å². The standard InChI is InChI=1S/C17H27FN2/c1-2-5-14-6-4-12-20(13-10-14)17-15(9-11-19)7-3-8-16(17)18/h3,7-8,14H,2,4-6,9-13,19H2,1H3. The van der Waals surface area contributed by atoms with E-state index in [-0.39, 0.29) is 5.82 Å². The van der Waals surface area contributed by atoms with E-state index in [2.05, 4.69) is 11.8 Å². The summed E-state index contributed by atoms with van der Waals surface area (Å²) in [5, 5.41) is 0. The second kappa shape index (κ2) is 7.63. The first-order valence-electron chi connectivity index (χ1n) is 7.98. The minimum Gasteiger partial charge on any atom is -0.369 e. The van der Waals surface area contributed by atoms with Gasteiger partial charge in [-0.15, -0.1) is 0 Å². The average Bonchev–Trinajstić information content (AvgIpc) is 2.66. The molecule has 1 heterocycles. The molecule has 20 heavy (non-hydrogen) atoms. The number of nitrogens with two attached hydrogens (primary N) is 1. The minimum atomic E-state index is -0.0927. The molecule has 1 aliphatic heterocycles. The molecule has 2 nitrogen and oxygen atoms in total. The van der Waals surface area contributed by atoms with Crippen LogP contribution in [0.15, 0.2) is 18.2 Å². The van der Waals surface area contributed by atoms with Crippen molar-refractivity contribution in [3.05, 3.63) is 29.6 Å². The van der Waals surface area contributed by atoms with Crippen LogP contribution in [0.1, 0.15) is 44.6 Å². The molecule has 1 aromatic rings. The second-order valence-corrected chi connectivity index (χ2v) is 5.86. The zero-order chi connectivity index (χ0) is 14.4. The zero-order valence-electron chi connectivity index (χ0n) is 12.6. The molecule has 1 saturated heterocycles. The lowest BCUT2D eigenvalue weighted by molar-refractivity contribution is 0.435. The highest BCUT2D eigenvalue weighted by Gasteiger charge is 2.20. The molecule has 0 spiro atoms. The molecule has 0 aromatic heterocycles. The molecule has 0 radical (unpaired) electrons. The van der Waals surface area contributed by atoms with E-state index < -0.39 is 0 Å². The zero-order valence-corrected chi connectivity index (χ0v) is 12.6. The van der Waals surface area contributed by atoms with E-state index >= 15 is 0 Å². The Balaban J connectivity index is 2.14. The molecule has 1 aliphatic rings. The van der Waals surface area contributed by atoms with Gasteiger partial charge in [-0.25, -0.2) is 4.39 Å². The number of anilines is 1. The van der Waals surface area contributed by atoms with Crippen molar-refractivity contribution in [2.45, 2.75) is 45.4 Å². The van der Waals surface area contributed by atoms with E-state index in [9.17, 15) is 4.39 Å². The monoisotopic (exact) mass is 278 g/mol. The van der Waals surface area contributed by atoms with Gasteiger partial charge in [0.25, 0.3) is 0 Å². The Morgan fingerprint density at radius 3 is 2.90 bits per heavy atom. The lowest BCUT2D eigenvalue weighted by Crippen LogP contribution is -2.27. The van der Waals surface area contributed by atoms with Crippen LogP contribution in [0.4, 0.5) is 10.1 Å². The molecule has 1 fully saturated rings. The second-order valence-electron chi connectivity index (χ2n) is 5.86. The third-order valence-corrected chi connectivity index (χ3v) is 4.34. The summed E-state index contributed by atoms with van der Waals surface area (Å²) in [7, 11) is 0. The SMILES string of the molecule is CCCC1CCCN(c2c(F)cccc2CCN)CC1. The number of benzene rings is 1. The molecule has 0 saturated carbocycles. The van der Waals surface area contributed by atoms with Crippen LogP contribution in [0, 0.1) is 11.7 Å². The first kappa shape index (κ1) is 15.3. The maximum atomic E-state index is 14.3. The van der Waals surface area contributed by atoms with E-state index in [1.165, 1.54) is 32.1 Å². The molecule has 3 heteroatoms. The Morgan fingerprint density at radius 1 is 1.30 bits per heavy atom. The summed E-state index contributed by atoms with van der Waals surface area (Å²) in [6.45, 7) is 4.77. The molecule has 0 bridgehead atoms. The third kappa shape index (κ3) is 3.72. The third-order valence-electron chi connectivity index (χ3n) is 4.34. The van der Waals surface area contributed by atoms with Gasteiger partial charge in [0.05, 0.1) is 5.69 Å². The smallest absolute Gasteiger partial charge is 0.146 e. The summed E-state index contributed by atoms with van der Waals surface area (Å²) in [6.07, 6.45) is 6.95. The summed E-state index contributed by atoms with van der Waals surface area (Å²) in [5.74, 6) is 0.722. The van der Waals surface area contributed by atoms with Gasteiger partial charge in [0.15, 0.2) is 0 Å². The topological polar surface area (TPSA) is 29.3 Å². The summed E-state index contributed by atoms with van der Waals surface area (Å²) < 4.78 is 14.3. The average molecular weight is 278 g/mol. The molecule has 112 valence electrons. The molecule has 0 aliphatic carbocycles. The Hall–Kier alpha value is -1.09. The van der Waals surface area contributed by atoms with Crippen LogP contribution in [-0.2, 0) is 6.42 Å². The molecular formula is C17H27FN2. The molecule has 1 atom stereocenters. The van der Waals surface area contributed by atoms with Crippen molar-refractivity contribution in [2.24, 2.45) is 11.7 Å². The van der Waals surface area contributed by atoms with Gasteiger partial charge >= 0.3 is 0 Å². The molecule has 1 aromatic carbocycles. The number of para-hydroxylation sites is 1. The fourth-order valence-electron chi connectivity index (χ4n) is 3.36. The molecule has 0 amide bonds. The highest BCUT2D eigenvalue weighted by molar-refractivity contribution is 5.55. The van der Waals surface area contributed by atoms with Gasteiger partial charge in [0, 0.05) is 13.1 Å². The summed E-state index contributed by atoms with van der Waals surface area (Å²) in [5.41, 5.74) is 7.52. The van der Waals surface area contributed by atoms with Crippen LogP contribution < -0.4 is 10.6 Å². The van der Waals surface area contributed by atoms with Crippen molar-refractivity contribution in [3.63, 3.8) is 0 Å². The van der Waals surface area contributed by atoms with E-state index in [1.807, 2.05) is 6.07 Å². The van der Waals surface area contributed by atoms with Crippen molar-refractivity contribution in [2.75, 3.05) is 24.5 Å². The van der Waals surface area contributed by atoms with Crippen LogP contribution in [0.3, 0.4) is 0 Å². The lowest BCUT2D eigenvalue weighted by Gasteiger charge is -2.26. The molecule has 2 N–H and O–H groups in total. The lowest BCUT2D eigenvalue weighted by atomic mass is 9.96. The van der Waals surface area contributed by atoms with E-state index in [4.69, 9.17) is 5.73 Å². The van der Waals surface area contributed by atoms with Gasteiger partial charge in [-0.1, -0.05) is 31.9 Å². The molecular weight excluding hydrogens is 251 g/mol. The highest BCUT2D eigenvalue weighted by atomic mass is 19.1. The number of halogens is 1. The van der Waals surface area contributed by atoms with Crippen molar-refractivity contribution < 1.29 is 4.39 Å². The van der Waals surface area contributed by atoms with E-state index in [0.717, 1.165) is 36.7 Å². The predicted molar refractivity (Wildman–Crippen MR) is 83.6 cm³/mol. The maximum absolute atomic E-state index is 14.3. The number of hydrogen-bond donors (Lipinski definition) is 1. The minimum absolute atomic E-state index is 0.0927. The Kier molecular flexibility index (Phi) is 5.84. The first-order valence-corrected chi connectivity index (χ1v) is 7.98. The Bertz CT molecular complexity index is 419. The normalized spacial score (nSPS) is 19.9. The first-order chi connectivity index (χ1) is 9.76. The van der Waals surface area contributed by atoms with E-state index in [1.54, 1.807) is 12.1 Å². The van der Waals surface area contributed by atoms with Crippen LogP contribution in [0.5, 0.6) is 0 Å². The van der Waals surface area contributed by atoms with Crippen LogP contribution in [0.2, 0.25) is 0 Å². The Morgan fingerprint density at radius 2 is 2.15 bits per heavy atom. The fourth-order valence-corrected chi connectivity index (χ4v) is 3.36. The number of hydrogen-bond acceptors (Lipinski definition) is 2. The number of rotatable bonds is 5. The highest BCUT2D eigenvalue weighted by Crippen LogP contribution is 2.30. The van der Waals surface area contributed by atoms with E-state index in [0.29, 0.717) is 6.54 Å². The van der Waals surface area contributed by atoms with Crippen molar-refractivity contribution >= 4 is 5.69 Å². The van der Waals surface area contributed by atoms with Crippen molar-refractivity contribution in [1.29, 1.82) is 0 Å². The largest absolute Gasteiger partial charge is 0.369 e.